The van der Waals surface area contributed by atoms with E-state index in [0.717, 1.165) is 16.7 Å². The molecule has 0 saturated heterocycles. The summed E-state index contributed by atoms with van der Waals surface area (Å²) >= 11 is 0. The minimum Gasteiger partial charge on any atom is -0.366 e. The summed E-state index contributed by atoms with van der Waals surface area (Å²) in [5.41, 5.74) is 5.56. The fourth-order valence-corrected chi connectivity index (χ4v) is 1.67. The third-order valence-electron chi connectivity index (χ3n) is 2.51. The Kier molecular flexibility index (Phi) is 3.20. The van der Waals surface area contributed by atoms with Gasteiger partial charge in [0.2, 0.25) is 0 Å². The average Bonchev–Trinajstić information content (AvgIpc) is 2.72. The molecule has 5 heteroatoms. The summed E-state index contributed by atoms with van der Waals surface area (Å²) in [5.74, 6) is -0.430. The molecule has 0 saturated carbocycles. The van der Waals surface area contributed by atoms with Crippen LogP contribution in [0.15, 0.2) is 30.7 Å². The number of H-pyrrole nitrogens is 1. The van der Waals surface area contributed by atoms with E-state index < -0.39 is 5.97 Å². The maximum Gasteiger partial charge on any atom is 0.373 e. The van der Waals surface area contributed by atoms with Crippen LogP contribution in [0.3, 0.4) is 0 Å². The van der Waals surface area contributed by atoms with Gasteiger partial charge in [-0.25, -0.2) is 4.79 Å². The van der Waals surface area contributed by atoms with Gasteiger partial charge in [0.25, 0.3) is 0 Å². The minimum atomic E-state index is -0.430. The molecule has 2 N–H and O–H groups in total. The maximum absolute atomic E-state index is 11.6. The van der Waals surface area contributed by atoms with E-state index in [4.69, 9.17) is 4.84 Å². The molecular weight excluding hydrogens is 218 g/mol. The minimum absolute atomic E-state index is 0.430. The van der Waals surface area contributed by atoms with Gasteiger partial charge in [-0.1, -0.05) is 6.07 Å². The van der Waals surface area contributed by atoms with Crippen LogP contribution in [0.5, 0.6) is 0 Å². The smallest absolute Gasteiger partial charge is 0.366 e. The Morgan fingerprint density at radius 2 is 2.35 bits per heavy atom. The van der Waals surface area contributed by atoms with Gasteiger partial charge < -0.3 is 9.82 Å². The molecule has 0 atom stereocenters. The highest BCUT2D eigenvalue weighted by molar-refractivity contribution is 5.91. The highest BCUT2D eigenvalue weighted by Crippen LogP contribution is 2.24. The van der Waals surface area contributed by atoms with Crippen molar-refractivity contribution in [2.45, 2.75) is 6.92 Å². The first-order valence-corrected chi connectivity index (χ1v) is 5.20. The topological polar surface area (TPSA) is 67.0 Å². The first kappa shape index (κ1) is 11.3. The van der Waals surface area contributed by atoms with Crippen molar-refractivity contribution >= 4 is 5.97 Å². The van der Waals surface area contributed by atoms with Gasteiger partial charge in [-0.3, -0.25) is 4.98 Å². The van der Waals surface area contributed by atoms with Crippen molar-refractivity contribution in [3.63, 3.8) is 0 Å². The van der Waals surface area contributed by atoms with E-state index in [9.17, 15) is 4.79 Å². The van der Waals surface area contributed by atoms with Gasteiger partial charge in [-0.15, -0.1) is 0 Å². The number of carbonyl (C=O) groups excluding carboxylic acids is 1. The molecule has 5 nitrogen and oxygen atoms in total. The molecule has 0 unspecified atom stereocenters. The fraction of sp³-hybridized carbons (Fsp3) is 0.167. The van der Waals surface area contributed by atoms with E-state index in [-0.39, 0.29) is 0 Å². The van der Waals surface area contributed by atoms with Crippen LogP contribution in [0.25, 0.3) is 11.1 Å². The molecule has 0 aromatic carbocycles. The number of rotatable bonds is 3. The van der Waals surface area contributed by atoms with E-state index in [2.05, 4.69) is 15.4 Å². The van der Waals surface area contributed by atoms with Crippen LogP contribution in [0.1, 0.15) is 16.1 Å². The normalized spacial score (nSPS) is 10.2. The molecule has 2 aromatic rings. The number of carbonyl (C=O) groups is 1. The molecule has 17 heavy (non-hydrogen) atoms. The molecule has 0 fully saturated rings. The molecule has 0 aliphatic heterocycles. The van der Waals surface area contributed by atoms with Crippen LogP contribution in [0.4, 0.5) is 0 Å². The zero-order valence-electron chi connectivity index (χ0n) is 9.65. The van der Waals surface area contributed by atoms with Gasteiger partial charge >= 0.3 is 5.97 Å². The summed E-state index contributed by atoms with van der Waals surface area (Å²) in [7, 11) is 1.54. The van der Waals surface area contributed by atoms with Gasteiger partial charge in [0.05, 0.1) is 0 Å². The van der Waals surface area contributed by atoms with Gasteiger partial charge in [0, 0.05) is 36.8 Å². The summed E-state index contributed by atoms with van der Waals surface area (Å²) < 4.78 is 0. The van der Waals surface area contributed by atoms with Gasteiger partial charge in [-0.05, 0) is 18.6 Å². The molecule has 0 aliphatic carbocycles. The molecule has 0 amide bonds. The van der Waals surface area contributed by atoms with Crippen LogP contribution in [0.2, 0.25) is 0 Å². The summed E-state index contributed by atoms with van der Waals surface area (Å²) in [6, 6.07) is 3.80. The summed E-state index contributed by atoms with van der Waals surface area (Å²) in [6.07, 6.45) is 5.24. The first-order chi connectivity index (χ1) is 8.24. The number of aromatic nitrogens is 2. The lowest BCUT2D eigenvalue weighted by Gasteiger charge is -2.02. The molecule has 0 spiro atoms. The van der Waals surface area contributed by atoms with E-state index in [1.54, 1.807) is 18.6 Å². The molecule has 0 bridgehead atoms. The predicted octanol–water partition coefficient (Wildman–Crippen LogP) is 1.68. The zero-order chi connectivity index (χ0) is 12.3. The Labute approximate surface area is 98.8 Å². The summed E-state index contributed by atoms with van der Waals surface area (Å²) in [6.45, 7) is 1.87. The quantitative estimate of drug-likeness (QED) is 0.789. The van der Waals surface area contributed by atoms with Crippen LogP contribution in [0, 0.1) is 6.92 Å². The second-order valence-electron chi connectivity index (χ2n) is 3.54. The average molecular weight is 231 g/mol. The third kappa shape index (κ3) is 2.19. The van der Waals surface area contributed by atoms with Crippen molar-refractivity contribution in [3.8, 4) is 11.1 Å². The van der Waals surface area contributed by atoms with Gasteiger partial charge in [0.15, 0.2) is 0 Å². The Bertz CT molecular complexity index is 520. The second kappa shape index (κ2) is 4.80. The van der Waals surface area contributed by atoms with Crippen molar-refractivity contribution in [2.75, 3.05) is 7.05 Å². The van der Waals surface area contributed by atoms with E-state index in [1.165, 1.54) is 7.05 Å². The van der Waals surface area contributed by atoms with Crippen LogP contribution < -0.4 is 5.48 Å². The van der Waals surface area contributed by atoms with Gasteiger partial charge in [-0.2, -0.15) is 5.48 Å². The highest BCUT2D eigenvalue weighted by Gasteiger charge is 2.16. The lowest BCUT2D eigenvalue weighted by Crippen LogP contribution is -2.16. The molecular formula is C12H13N3O2. The van der Waals surface area contributed by atoms with Crippen molar-refractivity contribution in [2.24, 2.45) is 0 Å². The first-order valence-electron chi connectivity index (χ1n) is 5.20. The largest absolute Gasteiger partial charge is 0.373 e. The highest BCUT2D eigenvalue weighted by atomic mass is 16.7. The Morgan fingerprint density at radius 1 is 1.53 bits per heavy atom. The number of hydrogen-bond acceptors (Lipinski definition) is 4. The number of hydroxylamine groups is 1. The molecule has 88 valence electrons. The zero-order valence-corrected chi connectivity index (χ0v) is 9.65. The monoisotopic (exact) mass is 231 g/mol. The second-order valence-corrected chi connectivity index (χ2v) is 3.54. The van der Waals surface area contributed by atoms with Crippen molar-refractivity contribution < 1.29 is 9.63 Å². The van der Waals surface area contributed by atoms with E-state index in [0.29, 0.717) is 5.69 Å². The maximum atomic E-state index is 11.6. The van der Waals surface area contributed by atoms with E-state index in [1.807, 2.05) is 19.1 Å². The standard InChI is InChI=1S/C12H13N3O2/c1-8-10(9-4-3-5-14-6-9)7-15-11(8)12(16)17-13-2/h3-7,13,15H,1-2H3. The van der Waals surface area contributed by atoms with Crippen molar-refractivity contribution in [3.05, 3.63) is 42.0 Å². The van der Waals surface area contributed by atoms with Crippen LogP contribution in [-0.4, -0.2) is 23.0 Å². The molecule has 0 aliphatic rings. The van der Waals surface area contributed by atoms with E-state index >= 15 is 0 Å². The molecule has 2 rings (SSSR count). The summed E-state index contributed by atoms with van der Waals surface area (Å²) in [5, 5.41) is 0. The van der Waals surface area contributed by atoms with Crippen LogP contribution >= 0.6 is 0 Å². The summed E-state index contributed by atoms with van der Waals surface area (Å²) in [4.78, 5) is 23.3. The number of pyridine rings is 1. The number of hydrogen-bond donors (Lipinski definition) is 2. The number of aromatic amines is 1. The molecule has 2 aromatic heterocycles. The Hall–Kier alpha value is -2.14. The lowest BCUT2D eigenvalue weighted by atomic mass is 10.1. The van der Waals surface area contributed by atoms with Crippen molar-refractivity contribution in [1.29, 1.82) is 0 Å². The predicted molar refractivity (Wildman–Crippen MR) is 63.2 cm³/mol. The van der Waals surface area contributed by atoms with Crippen molar-refractivity contribution in [1.82, 2.24) is 15.4 Å². The SMILES string of the molecule is CNOC(=O)c1[nH]cc(-c2cccnc2)c1C. The molecule has 2 heterocycles. The Balaban J connectivity index is 2.37. The number of nitrogens with one attached hydrogen (secondary N) is 2. The third-order valence-corrected chi connectivity index (χ3v) is 2.51. The molecule has 0 radical (unpaired) electrons. The number of nitrogens with zero attached hydrogens (tertiary/aromatic N) is 1. The Morgan fingerprint density at radius 3 is 3.00 bits per heavy atom. The lowest BCUT2D eigenvalue weighted by molar-refractivity contribution is 0.0303. The van der Waals surface area contributed by atoms with Gasteiger partial charge in [0.1, 0.15) is 5.69 Å². The fourth-order valence-electron chi connectivity index (χ4n) is 1.67. The van der Waals surface area contributed by atoms with Crippen LogP contribution in [-0.2, 0) is 4.84 Å².